The van der Waals surface area contributed by atoms with Crippen LogP contribution < -0.4 is 10.6 Å². The van der Waals surface area contributed by atoms with Crippen LogP contribution in [-0.2, 0) is 14.4 Å². The van der Waals surface area contributed by atoms with E-state index in [0.717, 1.165) is 13.1 Å². The molecule has 20 heavy (non-hydrogen) atoms. The van der Waals surface area contributed by atoms with Gasteiger partial charge in [0, 0.05) is 12.1 Å². The Morgan fingerprint density at radius 2 is 1.90 bits per heavy atom. The molecule has 2 N–H and O–H groups in total. The van der Waals surface area contributed by atoms with Crippen LogP contribution in [0.3, 0.4) is 0 Å². The first kappa shape index (κ1) is 13.3. The van der Waals surface area contributed by atoms with E-state index in [2.05, 4.69) is 17.2 Å². The standard InChI is InChI=1S/C14H19N3O3/c1-9-2-3-10(12(19)16-9)17-11(18)8-14(13(17)20)4-6-15-7-5-14/h10,15H,1-8H2,(H,16,19). The molecule has 0 aromatic carbocycles. The third-order valence-corrected chi connectivity index (χ3v) is 4.63. The maximum Gasteiger partial charge on any atom is 0.247 e. The lowest BCUT2D eigenvalue weighted by Crippen LogP contribution is -2.53. The van der Waals surface area contributed by atoms with Crippen molar-refractivity contribution in [3.63, 3.8) is 0 Å². The summed E-state index contributed by atoms with van der Waals surface area (Å²) in [6.45, 7) is 5.22. The number of likely N-dealkylation sites (tertiary alicyclic amines) is 1. The number of allylic oxidation sites excluding steroid dienone is 1. The SMILES string of the molecule is C=C1CCC(N2C(=O)CC3(CCNCC3)C2=O)C(=O)N1. The first-order valence-electron chi connectivity index (χ1n) is 7.09. The van der Waals surface area contributed by atoms with Gasteiger partial charge < -0.3 is 10.6 Å². The number of carbonyl (C=O) groups is 3. The summed E-state index contributed by atoms with van der Waals surface area (Å²) in [6.07, 6.45) is 2.70. The van der Waals surface area contributed by atoms with Crippen LogP contribution >= 0.6 is 0 Å². The highest BCUT2D eigenvalue weighted by molar-refractivity contribution is 6.09. The molecule has 0 saturated carbocycles. The Hall–Kier alpha value is -1.69. The molecule has 3 amide bonds. The Labute approximate surface area is 117 Å². The van der Waals surface area contributed by atoms with E-state index in [4.69, 9.17) is 0 Å². The highest BCUT2D eigenvalue weighted by Gasteiger charge is 2.54. The monoisotopic (exact) mass is 277 g/mol. The number of nitrogens with one attached hydrogen (secondary N) is 2. The molecule has 0 aromatic heterocycles. The van der Waals surface area contributed by atoms with Crippen molar-refractivity contribution < 1.29 is 14.4 Å². The summed E-state index contributed by atoms with van der Waals surface area (Å²) >= 11 is 0. The number of imide groups is 1. The molecular weight excluding hydrogens is 258 g/mol. The van der Waals surface area contributed by atoms with Crippen molar-refractivity contribution in [1.82, 2.24) is 15.5 Å². The van der Waals surface area contributed by atoms with Gasteiger partial charge in [-0.05, 0) is 38.8 Å². The first-order chi connectivity index (χ1) is 9.53. The van der Waals surface area contributed by atoms with Crippen LogP contribution in [0, 0.1) is 5.41 Å². The zero-order valence-corrected chi connectivity index (χ0v) is 11.4. The Morgan fingerprint density at radius 3 is 2.55 bits per heavy atom. The van der Waals surface area contributed by atoms with E-state index in [9.17, 15) is 14.4 Å². The molecule has 1 spiro atoms. The number of hydrogen-bond donors (Lipinski definition) is 2. The van der Waals surface area contributed by atoms with Crippen LogP contribution in [-0.4, -0.2) is 41.8 Å². The summed E-state index contributed by atoms with van der Waals surface area (Å²) in [4.78, 5) is 38.2. The van der Waals surface area contributed by atoms with E-state index in [0.29, 0.717) is 31.4 Å². The van der Waals surface area contributed by atoms with E-state index in [1.807, 2.05) is 0 Å². The van der Waals surface area contributed by atoms with Crippen molar-refractivity contribution in [2.24, 2.45) is 5.41 Å². The highest BCUT2D eigenvalue weighted by Crippen LogP contribution is 2.42. The Morgan fingerprint density at radius 1 is 1.20 bits per heavy atom. The van der Waals surface area contributed by atoms with Gasteiger partial charge in [-0.3, -0.25) is 19.3 Å². The minimum absolute atomic E-state index is 0.156. The Kier molecular flexibility index (Phi) is 3.12. The van der Waals surface area contributed by atoms with Gasteiger partial charge in [0.05, 0.1) is 5.41 Å². The molecule has 3 saturated heterocycles. The second kappa shape index (κ2) is 4.70. The van der Waals surface area contributed by atoms with Crippen molar-refractivity contribution in [3.05, 3.63) is 12.3 Å². The number of piperidine rings is 2. The lowest BCUT2D eigenvalue weighted by molar-refractivity contribution is -0.150. The highest BCUT2D eigenvalue weighted by atomic mass is 16.2. The van der Waals surface area contributed by atoms with Crippen molar-refractivity contribution in [2.75, 3.05) is 13.1 Å². The third-order valence-electron chi connectivity index (χ3n) is 4.63. The molecular formula is C14H19N3O3. The van der Waals surface area contributed by atoms with E-state index in [-0.39, 0.29) is 24.1 Å². The molecule has 0 radical (unpaired) electrons. The number of nitrogens with zero attached hydrogens (tertiary/aromatic N) is 1. The molecule has 0 aromatic rings. The fourth-order valence-corrected chi connectivity index (χ4v) is 3.44. The quantitative estimate of drug-likeness (QED) is 0.656. The smallest absolute Gasteiger partial charge is 0.247 e. The summed E-state index contributed by atoms with van der Waals surface area (Å²) in [5.41, 5.74) is 0.0822. The molecule has 1 unspecified atom stereocenters. The second-order valence-corrected chi connectivity index (χ2v) is 5.92. The predicted molar refractivity (Wildman–Crippen MR) is 71.3 cm³/mol. The minimum Gasteiger partial charge on any atom is -0.329 e. The molecule has 3 aliphatic heterocycles. The van der Waals surface area contributed by atoms with Crippen molar-refractivity contribution in [1.29, 1.82) is 0 Å². The number of hydrogen-bond acceptors (Lipinski definition) is 4. The minimum atomic E-state index is -0.658. The maximum atomic E-state index is 12.7. The van der Waals surface area contributed by atoms with Crippen LogP contribution in [0.2, 0.25) is 0 Å². The zero-order chi connectivity index (χ0) is 14.3. The fourth-order valence-electron chi connectivity index (χ4n) is 3.44. The van der Waals surface area contributed by atoms with Gasteiger partial charge in [-0.1, -0.05) is 6.58 Å². The normalized spacial score (nSPS) is 30.0. The van der Waals surface area contributed by atoms with Crippen LogP contribution in [0.5, 0.6) is 0 Å². The van der Waals surface area contributed by atoms with E-state index in [1.54, 1.807) is 0 Å². The Balaban J connectivity index is 1.83. The largest absolute Gasteiger partial charge is 0.329 e. The molecule has 108 valence electrons. The fraction of sp³-hybridized carbons (Fsp3) is 0.643. The maximum absolute atomic E-state index is 12.7. The van der Waals surface area contributed by atoms with Gasteiger partial charge in [0.2, 0.25) is 17.7 Å². The molecule has 0 aliphatic carbocycles. The van der Waals surface area contributed by atoms with E-state index < -0.39 is 11.5 Å². The van der Waals surface area contributed by atoms with Gasteiger partial charge in [-0.25, -0.2) is 0 Å². The van der Waals surface area contributed by atoms with Crippen molar-refractivity contribution in [3.8, 4) is 0 Å². The average Bonchev–Trinajstić information content (AvgIpc) is 2.63. The molecule has 3 rings (SSSR count). The van der Waals surface area contributed by atoms with Crippen molar-refractivity contribution >= 4 is 17.7 Å². The van der Waals surface area contributed by atoms with Crippen LogP contribution in [0.25, 0.3) is 0 Å². The molecule has 0 bridgehead atoms. The third kappa shape index (κ3) is 1.95. The Bertz CT molecular complexity index is 494. The summed E-state index contributed by atoms with van der Waals surface area (Å²) in [6, 6.07) is -0.658. The van der Waals surface area contributed by atoms with Crippen molar-refractivity contribution in [2.45, 2.75) is 38.1 Å². The van der Waals surface area contributed by atoms with Gasteiger partial charge in [-0.2, -0.15) is 0 Å². The van der Waals surface area contributed by atoms with E-state index >= 15 is 0 Å². The summed E-state index contributed by atoms with van der Waals surface area (Å²) in [5.74, 6) is -0.643. The molecule has 3 fully saturated rings. The van der Waals surface area contributed by atoms with Gasteiger partial charge in [0.25, 0.3) is 0 Å². The molecule has 3 heterocycles. The number of rotatable bonds is 1. The first-order valence-corrected chi connectivity index (χ1v) is 7.09. The van der Waals surface area contributed by atoms with Gasteiger partial charge in [0.15, 0.2) is 0 Å². The lowest BCUT2D eigenvalue weighted by Gasteiger charge is -2.34. The van der Waals surface area contributed by atoms with Gasteiger partial charge >= 0.3 is 0 Å². The second-order valence-electron chi connectivity index (χ2n) is 5.92. The summed E-state index contributed by atoms with van der Waals surface area (Å²) in [7, 11) is 0. The van der Waals surface area contributed by atoms with Gasteiger partial charge in [-0.15, -0.1) is 0 Å². The molecule has 6 nitrogen and oxygen atoms in total. The zero-order valence-electron chi connectivity index (χ0n) is 11.4. The number of amides is 3. The van der Waals surface area contributed by atoms with E-state index in [1.165, 1.54) is 4.90 Å². The number of carbonyl (C=O) groups excluding carboxylic acids is 3. The average molecular weight is 277 g/mol. The van der Waals surface area contributed by atoms with Gasteiger partial charge in [0.1, 0.15) is 6.04 Å². The molecule has 3 aliphatic rings. The summed E-state index contributed by atoms with van der Waals surface area (Å²) < 4.78 is 0. The summed E-state index contributed by atoms with van der Waals surface area (Å²) in [5, 5.41) is 5.85. The predicted octanol–water partition coefficient (Wildman–Crippen LogP) is -0.0926. The van der Waals surface area contributed by atoms with Crippen LogP contribution in [0.1, 0.15) is 32.1 Å². The lowest BCUT2D eigenvalue weighted by atomic mass is 9.77. The van der Waals surface area contributed by atoms with Crippen LogP contribution in [0.15, 0.2) is 12.3 Å². The topological polar surface area (TPSA) is 78.5 Å². The van der Waals surface area contributed by atoms with Crippen LogP contribution in [0.4, 0.5) is 0 Å². The molecule has 6 heteroatoms. The molecule has 1 atom stereocenters.